The van der Waals surface area contributed by atoms with Gasteiger partial charge in [0.2, 0.25) is 0 Å². The summed E-state index contributed by atoms with van der Waals surface area (Å²) in [5, 5.41) is 11.6. The fourth-order valence-electron chi connectivity index (χ4n) is 2.71. The molecule has 0 atom stereocenters. The second-order valence-corrected chi connectivity index (χ2v) is 6.86. The van der Waals surface area contributed by atoms with Crippen molar-refractivity contribution in [2.45, 2.75) is 13.1 Å². The van der Waals surface area contributed by atoms with Crippen molar-refractivity contribution in [3.63, 3.8) is 0 Å². The molecule has 0 aliphatic rings. The minimum atomic E-state index is 0.429. The standard InChI is InChI=1S/C20H17IN2/c21-20-9-6-16(7-10-20)14-23(12-11-22)15-17-5-8-18-3-1-2-4-19(18)13-17/h1-10,13H,12,14-15H2. The molecule has 3 aromatic rings. The van der Waals surface area contributed by atoms with Gasteiger partial charge >= 0.3 is 0 Å². The second-order valence-electron chi connectivity index (χ2n) is 5.61. The monoisotopic (exact) mass is 412 g/mol. The van der Waals surface area contributed by atoms with Crippen molar-refractivity contribution in [2.75, 3.05) is 6.54 Å². The highest BCUT2D eigenvalue weighted by molar-refractivity contribution is 14.1. The third-order valence-electron chi connectivity index (χ3n) is 3.83. The number of fused-ring (bicyclic) bond motifs is 1. The third kappa shape index (κ3) is 4.31. The number of nitrogens with zero attached hydrogens (tertiary/aromatic N) is 2. The summed E-state index contributed by atoms with van der Waals surface area (Å²) in [5.74, 6) is 0. The highest BCUT2D eigenvalue weighted by Crippen LogP contribution is 2.18. The van der Waals surface area contributed by atoms with E-state index >= 15 is 0 Å². The largest absolute Gasteiger partial charge is 0.282 e. The summed E-state index contributed by atoms with van der Waals surface area (Å²) in [4.78, 5) is 2.17. The summed E-state index contributed by atoms with van der Waals surface area (Å²) < 4.78 is 1.23. The Labute approximate surface area is 150 Å². The minimum absolute atomic E-state index is 0.429. The van der Waals surface area contributed by atoms with E-state index in [4.69, 9.17) is 5.26 Å². The van der Waals surface area contributed by atoms with Crippen molar-refractivity contribution in [1.29, 1.82) is 5.26 Å². The zero-order valence-corrected chi connectivity index (χ0v) is 14.9. The molecule has 0 N–H and O–H groups in total. The lowest BCUT2D eigenvalue weighted by Gasteiger charge is -2.19. The number of halogens is 1. The molecule has 0 spiro atoms. The van der Waals surface area contributed by atoms with Crippen molar-refractivity contribution >= 4 is 33.4 Å². The first-order chi connectivity index (χ1) is 11.2. The van der Waals surface area contributed by atoms with E-state index in [1.165, 1.54) is 25.5 Å². The molecule has 3 aromatic carbocycles. The first-order valence-corrected chi connectivity index (χ1v) is 8.64. The van der Waals surface area contributed by atoms with Gasteiger partial charge in [-0.05, 0) is 62.7 Å². The molecule has 0 fully saturated rings. The van der Waals surface area contributed by atoms with Gasteiger partial charge in [0.05, 0.1) is 12.6 Å². The lowest BCUT2D eigenvalue weighted by molar-refractivity contribution is 0.289. The van der Waals surface area contributed by atoms with Gasteiger partial charge in [0.15, 0.2) is 0 Å². The Kier molecular flexibility index (Phi) is 5.27. The number of hydrogen-bond donors (Lipinski definition) is 0. The van der Waals surface area contributed by atoms with Crippen LogP contribution in [-0.4, -0.2) is 11.4 Å². The molecule has 0 unspecified atom stereocenters. The van der Waals surface area contributed by atoms with Crippen LogP contribution in [0, 0.1) is 14.9 Å². The summed E-state index contributed by atoms with van der Waals surface area (Å²) >= 11 is 2.31. The van der Waals surface area contributed by atoms with Gasteiger partial charge < -0.3 is 0 Å². The molecular formula is C20H17IN2. The number of rotatable bonds is 5. The highest BCUT2D eigenvalue weighted by Gasteiger charge is 2.07. The van der Waals surface area contributed by atoms with Crippen molar-refractivity contribution in [2.24, 2.45) is 0 Å². The topological polar surface area (TPSA) is 27.0 Å². The van der Waals surface area contributed by atoms with Crippen molar-refractivity contribution in [3.05, 3.63) is 81.4 Å². The molecule has 0 heterocycles. The molecule has 0 amide bonds. The molecule has 0 aliphatic heterocycles. The zero-order chi connectivity index (χ0) is 16.1. The van der Waals surface area contributed by atoms with E-state index in [1.54, 1.807) is 0 Å². The Hall–Kier alpha value is -1.90. The van der Waals surface area contributed by atoms with Crippen LogP contribution in [0.15, 0.2) is 66.7 Å². The second kappa shape index (κ2) is 7.58. The fraction of sp³-hybridized carbons (Fsp3) is 0.150. The predicted molar refractivity (Wildman–Crippen MR) is 103 cm³/mol. The van der Waals surface area contributed by atoms with Crippen molar-refractivity contribution in [1.82, 2.24) is 4.90 Å². The molecule has 0 radical (unpaired) electrons. The number of hydrogen-bond acceptors (Lipinski definition) is 2. The number of nitriles is 1. The van der Waals surface area contributed by atoms with Gasteiger partial charge in [-0.3, -0.25) is 4.90 Å². The van der Waals surface area contributed by atoms with E-state index in [-0.39, 0.29) is 0 Å². The summed E-state index contributed by atoms with van der Waals surface area (Å²) in [6.45, 7) is 2.00. The van der Waals surface area contributed by atoms with Crippen molar-refractivity contribution < 1.29 is 0 Å². The molecule has 0 saturated heterocycles. The molecular weight excluding hydrogens is 395 g/mol. The first kappa shape index (κ1) is 16.0. The molecule has 0 aliphatic carbocycles. The lowest BCUT2D eigenvalue weighted by atomic mass is 10.1. The summed E-state index contributed by atoms with van der Waals surface area (Å²) in [6, 6.07) is 25.7. The van der Waals surface area contributed by atoms with E-state index in [0.29, 0.717) is 6.54 Å². The third-order valence-corrected chi connectivity index (χ3v) is 4.55. The SMILES string of the molecule is N#CCN(Cc1ccc(I)cc1)Cc1ccc2ccccc2c1. The maximum Gasteiger partial charge on any atom is 0.0871 e. The first-order valence-electron chi connectivity index (χ1n) is 7.56. The van der Waals surface area contributed by atoms with Crippen LogP contribution in [0.2, 0.25) is 0 Å². The normalized spacial score (nSPS) is 10.8. The van der Waals surface area contributed by atoms with Crippen LogP contribution in [0.4, 0.5) is 0 Å². The van der Waals surface area contributed by atoms with Gasteiger partial charge in [0.1, 0.15) is 0 Å². The Morgan fingerprint density at radius 1 is 0.826 bits per heavy atom. The molecule has 23 heavy (non-hydrogen) atoms. The van der Waals surface area contributed by atoms with Crippen LogP contribution in [0.1, 0.15) is 11.1 Å². The average molecular weight is 412 g/mol. The van der Waals surface area contributed by atoms with Gasteiger partial charge in [0, 0.05) is 16.7 Å². The quantitative estimate of drug-likeness (QED) is 0.437. The number of benzene rings is 3. The van der Waals surface area contributed by atoms with Gasteiger partial charge in [0.25, 0.3) is 0 Å². The van der Waals surface area contributed by atoms with Crippen LogP contribution in [-0.2, 0) is 13.1 Å². The van der Waals surface area contributed by atoms with Crippen LogP contribution < -0.4 is 0 Å². The van der Waals surface area contributed by atoms with E-state index in [9.17, 15) is 0 Å². The van der Waals surface area contributed by atoms with Gasteiger partial charge in [-0.1, -0.05) is 48.5 Å². The Morgan fingerprint density at radius 2 is 1.48 bits per heavy atom. The summed E-state index contributed by atoms with van der Waals surface area (Å²) in [7, 11) is 0. The van der Waals surface area contributed by atoms with Crippen LogP contribution in [0.5, 0.6) is 0 Å². The summed E-state index contributed by atoms with van der Waals surface area (Å²) in [5.41, 5.74) is 2.48. The molecule has 114 valence electrons. The van der Waals surface area contributed by atoms with E-state index in [1.807, 2.05) is 0 Å². The van der Waals surface area contributed by atoms with E-state index in [0.717, 1.165) is 13.1 Å². The molecule has 0 saturated carbocycles. The maximum absolute atomic E-state index is 9.12. The van der Waals surface area contributed by atoms with Gasteiger partial charge in [-0.15, -0.1) is 0 Å². The van der Waals surface area contributed by atoms with Crippen LogP contribution >= 0.6 is 22.6 Å². The van der Waals surface area contributed by atoms with Gasteiger partial charge in [-0.2, -0.15) is 5.26 Å². The van der Waals surface area contributed by atoms with Gasteiger partial charge in [-0.25, -0.2) is 0 Å². The molecule has 0 aromatic heterocycles. The predicted octanol–water partition coefficient (Wildman–Crippen LogP) is 4.97. The Balaban J connectivity index is 1.77. The average Bonchev–Trinajstić information content (AvgIpc) is 2.57. The van der Waals surface area contributed by atoms with Crippen LogP contribution in [0.3, 0.4) is 0 Å². The van der Waals surface area contributed by atoms with Crippen LogP contribution in [0.25, 0.3) is 10.8 Å². The van der Waals surface area contributed by atoms with Crippen molar-refractivity contribution in [3.8, 4) is 6.07 Å². The zero-order valence-electron chi connectivity index (χ0n) is 12.7. The lowest BCUT2D eigenvalue weighted by Crippen LogP contribution is -2.23. The molecule has 2 nitrogen and oxygen atoms in total. The summed E-state index contributed by atoms with van der Waals surface area (Å²) in [6.07, 6.45) is 0. The molecule has 0 bridgehead atoms. The molecule has 3 rings (SSSR count). The molecule has 3 heteroatoms. The Morgan fingerprint density at radius 3 is 2.22 bits per heavy atom. The Bertz CT molecular complexity index is 834. The van der Waals surface area contributed by atoms with E-state index in [2.05, 4.69) is 100 Å². The fourth-order valence-corrected chi connectivity index (χ4v) is 3.07. The van der Waals surface area contributed by atoms with E-state index < -0.39 is 0 Å². The minimum Gasteiger partial charge on any atom is -0.282 e. The smallest absolute Gasteiger partial charge is 0.0871 e. The highest BCUT2D eigenvalue weighted by atomic mass is 127. The maximum atomic E-state index is 9.12.